The maximum atomic E-state index is 14.2. The number of rotatable bonds is 5. The maximum Gasteiger partial charge on any atom is 0.128 e. The van der Waals surface area contributed by atoms with E-state index in [1.165, 1.54) is 19.3 Å². The fourth-order valence-corrected chi connectivity index (χ4v) is 3.09. The van der Waals surface area contributed by atoms with Gasteiger partial charge in [0.1, 0.15) is 5.82 Å². The van der Waals surface area contributed by atoms with Crippen molar-refractivity contribution in [2.75, 3.05) is 18.0 Å². The minimum Gasteiger partial charge on any atom is -0.371 e. The van der Waals surface area contributed by atoms with Crippen LogP contribution in [0.3, 0.4) is 0 Å². The Balaban J connectivity index is 2.18. The Morgan fingerprint density at radius 1 is 1.29 bits per heavy atom. The van der Waals surface area contributed by atoms with Crippen LogP contribution >= 0.6 is 0 Å². The largest absolute Gasteiger partial charge is 0.371 e. The number of nitrogens with zero attached hydrogens (tertiary/aromatic N) is 1. The number of piperidine rings is 1. The van der Waals surface area contributed by atoms with Crippen LogP contribution in [0.4, 0.5) is 10.1 Å². The Kier molecular flexibility index (Phi) is 5.26. The van der Waals surface area contributed by atoms with Crippen molar-refractivity contribution in [3.8, 4) is 0 Å². The molecule has 0 spiro atoms. The zero-order valence-corrected chi connectivity index (χ0v) is 13.7. The van der Waals surface area contributed by atoms with Crippen LogP contribution in [0.1, 0.15) is 52.0 Å². The molecule has 1 fully saturated rings. The van der Waals surface area contributed by atoms with E-state index in [2.05, 4.69) is 31.7 Å². The second kappa shape index (κ2) is 6.78. The van der Waals surface area contributed by atoms with E-state index >= 15 is 0 Å². The number of halogens is 1. The van der Waals surface area contributed by atoms with E-state index in [0.717, 1.165) is 30.8 Å². The van der Waals surface area contributed by atoms with Crippen molar-refractivity contribution < 1.29 is 4.39 Å². The molecule has 1 unspecified atom stereocenters. The second-order valence-electron chi connectivity index (χ2n) is 6.76. The van der Waals surface area contributed by atoms with Crippen molar-refractivity contribution in [3.63, 3.8) is 0 Å². The van der Waals surface area contributed by atoms with Gasteiger partial charge in [-0.1, -0.05) is 33.3 Å². The van der Waals surface area contributed by atoms with E-state index in [4.69, 9.17) is 5.73 Å². The summed E-state index contributed by atoms with van der Waals surface area (Å²) in [7, 11) is 0. The van der Waals surface area contributed by atoms with E-state index in [0.29, 0.717) is 11.8 Å². The zero-order valence-electron chi connectivity index (χ0n) is 13.7. The van der Waals surface area contributed by atoms with Gasteiger partial charge in [-0.05, 0) is 43.2 Å². The molecule has 2 nitrogen and oxygen atoms in total. The molecule has 1 aliphatic heterocycles. The number of anilines is 1. The van der Waals surface area contributed by atoms with Crippen LogP contribution in [0, 0.1) is 11.2 Å². The van der Waals surface area contributed by atoms with Crippen LogP contribution in [-0.2, 0) is 6.42 Å². The third kappa shape index (κ3) is 3.76. The lowest BCUT2D eigenvalue weighted by molar-refractivity contribution is 0.238. The Hall–Kier alpha value is -1.09. The van der Waals surface area contributed by atoms with Gasteiger partial charge in [0.2, 0.25) is 0 Å². The van der Waals surface area contributed by atoms with Crippen LogP contribution in [0.15, 0.2) is 18.2 Å². The highest BCUT2D eigenvalue weighted by atomic mass is 19.1. The summed E-state index contributed by atoms with van der Waals surface area (Å²) in [5.74, 6) is -0.111. The molecular weight excluding hydrogens is 263 g/mol. The van der Waals surface area contributed by atoms with Gasteiger partial charge in [0.25, 0.3) is 0 Å². The minimum absolute atomic E-state index is 0.0337. The van der Waals surface area contributed by atoms with E-state index in [-0.39, 0.29) is 11.9 Å². The van der Waals surface area contributed by atoms with Gasteiger partial charge in [0.05, 0.1) is 0 Å². The van der Waals surface area contributed by atoms with E-state index in [1.807, 2.05) is 6.07 Å². The molecule has 0 bridgehead atoms. The lowest BCUT2D eigenvalue weighted by Gasteiger charge is -2.40. The third-order valence-electron chi connectivity index (χ3n) is 5.25. The van der Waals surface area contributed by atoms with Crippen LogP contribution in [0.5, 0.6) is 0 Å². The van der Waals surface area contributed by atoms with Gasteiger partial charge in [-0.15, -0.1) is 0 Å². The number of nitrogens with two attached hydrogens (primary N) is 1. The topological polar surface area (TPSA) is 29.3 Å². The number of benzene rings is 1. The predicted octanol–water partition coefficient (Wildman–Crippen LogP) is 4.12. The fourth-order valence-electron chi connectivity index (χ4n) is 3.09. The number of hydrogen-bond acceptors (Lipinski definition) is 2. The molecular formula is C18H29FN2. The Morgan fingerprint density at radius 2 is 1.95 bits per heavy atom. The molecule has 1 aromatic rings. The molecule has 2 N–H and O–H groups in total. The first kappa shape index (κ1) is 16.3. The van der Waals surface area contributed by atoms with Crippen molar-refractivity contribution in [3.05, 3.63) is 29.6 Å². The standard InChI is InChI=1S/C18H29FN2/c1-4-14(20)13-15-16(19)7-6-8-17(15)21-11-9-18(3,5-2)10-12-21/h6-8,14H,4-5,9-13,20H2,1-3H3. The van der Waals surface area contributed by atoms with Crippen LogP contribution < -0.4 is 10.6 Å². The molecule has 3 heteroatoms. The van der Waals surface area contributed by atoms with Crippen LogP contribution in [-0.4, -0.2) is 19.1 Å². The van der Waals surface area contributed by atoms with Gasteiger partial charge in [-0.3, -0.25) is 0 Å². The molecule has 0 radical (unpaired) electrons. The molecule has 1 atom stereocenters. The quantitative estimate of drug-likeness (QED) is 0.884. The monoisotopic (exact) mass is 292 g/mol. The van der Waals surface area contributed by atoms with Crippen molar-refractivity contribution in [1.29, 1.82) is 0 Å². The highest BCUT2D eigenvalue weighted by Gasteiger charge is 2.29. The lowest BCUT2D eigenvalue weighted by atomic mass is 9.78. The molecule has 0 saturated carbocycles. The molecule has 0 amide bonds. The first-order valence-corrected chi connectivity index (χ1v) is 8.27. The van der Waals surface area contributed by atoms with Crippen LogP contribution in [0.25, 0.3) is 0 Å². The van der Waals surface area contributed by atoms with Gasteiger partial charge < -0.3 is 10.6 Å². The summed E-state index contributed by atoms with van der Waals surface area (Å²) >= 11 is 0. The molecule has 0 aliphatic carbocycles. The van der Waals surface area contributed by atoms with E-state index in [1.54, 1.807) is 6.07 Å². The molecule has 21 heavy (non-hydrogen) atoms. The minimum atomic E-state index is -0.111. The summed E-state index contributed by atoms with van der Waals surface area (Å²) in [4.78, 5) is 2.35. The highest BCUT2D eigenvalue weighted by molar-refractivity contribution is 5.55. The first-order valence-electron chi connectivity index (χ1n) is 8.27. The van der Waals surface area contributed by atoms with Crippen molar-refractivity contribution in [1.82, 2.24) is 0 Å². The molecule has 1 saturated heterocycles. The van der Waals surface area contributed by atoms with Gasteiger partial charge in [0.15, 0.2) is 0 Å². The molecule has 118 valence electrons. The average molecular weight is 292 g/mol. The fraction of sp³-hybridized carbons (Fsp3) is 0.667. The van der Waals surface area contributed by atoms with E-state index < -0.39 is 0 Å². The Morgan fingerprint density at radius 3 is 2.52 bits per heavy atom. The Bertz CT molecular complexity index is 464. The summed E-state index contributed by atoms with van der Waals surface area (Å²) in [5, 5.41) is 0. The average Bonchev–Trinajstić information content (AvgIpc) is 2.50. The van der Waals surface area contributed by atoms with Crippen molar-refractivity contribution in [2.45, 2.75) is 58.9 Å². The summed E-state index contributed by atoms with van der Waals surface area (Å²) in [5.41, 5.74) is 8.35. The summed E-state index contributed by atoms with van der Waals surface area (Å²) in [6.45, 7) is 8.72. The predicted molar refractivity (Wildman–Crippen MR) is 88.2 cm³/mol. The molecule has 0 aromatic heterocycles. The van der Waals surface area contributed by atoms with Gasteiger partial charge >= 0.3 is 0 Å². The second-order valence-corrected chi connectivity index (χ2v) is 6.76. The molecule has 1 aromatic carbocycles. The third-order valence-corrected chi connectivity index (χ3v) is 5.25. The van der Waals surface area contributed by atoms with Crippen LogP contribution in [0.2, 0.25) is 0 Å². The zero-order chi connectivity index (χ0) is 15.5. The molecule has 1 heterocycles. The van der Waals surface area contributed by atoms with E-state index in [9.17, 15) is 4.39 Å². The molecule has 2 rings (SSSR count). The summed E-state index contributed by atoms with van der Waals surface area (Å²) < 4.78 is 14.2. The Labute approximate surface area is 128 Å². The normalized spacial score (nSPS) is 19.6. The van der Waals surface area contributed by atoms with Crippen molar-refractivity contribution >= 4 is 5.69 Å². The van der Waals surface area contributed by atoms with Gasteiger partial charge in [0, 0.05) is 30.4 Å². The van der Waals surface area contributed by atoms with Crippen molar-refractivity contribution in [2.24, 2.45) is 11.1 Å². The summed E-state index contributed by atoms with van der Waals surface area (Å²) in [6.07, 6.45) is 5.08. The smallest absolute Gasteiger partial charge is 0.128 e. The number of hydrogen-bond donors (Lipinski definition) is 1. The summed E-state index contributed by atoms with van der Waals surface area (Å²) in [6, 6.07) is 5.46. The maximum absolute atomic E-state index is 14.2. The highest BCUT2D eigenvalue weighted by Crippen LogP contribution is 2.37. The first-order chi connectivity index (χ1) is 9.99. The lowest BCUT2D eigenvalue weighted by Crippen LogP contribution is -2.39. The van der Waals surface area contributed by atoms with Gasteiger partial charge in [-0.2, -0.15) is 0 Å². The molecule has 1 aliphatic rings. The van der Waals surface area contributed by atoms with Gasteiger partial charge in [-0.25, -0.2) is 4.39 Å². The SMILES string of the molecule is CCC(N)Cc1c(F)cccc1N1CCC(C)(CC)CC1.